The van der Waals surface area contributed by atoms with Crippen molar-refractivity contribution in [1.29, 1.82) is 0 Å². The Kier molecular flexibility index (Phi) is 5.78. The number of sulfonamides is 1. The van der Waals surface area contributed by atoms with E-state index in [0.29, 0.717) is 30.4 Å². The molecule has 0 aromatic carbocycles. The summed E-state index contributed by atoms with van der Waals surface area (Å²) in [5.74, 6) is 0.656. The van der Waals surface area contributed by atoms with Crippen LogP contribution < -0.4 is 5.32 Å². The molecule has 21 heavy (non-hydrogen) atoms. The highest BCUT2D eigenvalue weighted by Gasteiger charge is 2.28. The Morgan fingerprint density at radius 2 is 2.19 bits per heavy atom. The molecule has 0 radical (unpaired) electrons. The van der Waals surface area contributed by atoms with E-state index >= 15 is 0 Å². The number of aromatic nitrogens is 2. The quantitative estimate of drug-likeness (QED) is 0.859. The first-order valence-corrected chi connectivity index (χ1v) is 9.19. The summed E-state index contributed by atoms with van der Waals surface area (Å²) in [4.78, 5) is 0.313. The number of nitrogens with one attached hydrogen (secondary N) is 1. The second-order valence-corrected chi connectivity index (χ2v) is 7.59. The van der Waals surface area contributed by atoms with Crippen LogP contribution in [0.15, 0.2) is 17.3 Å². The molecule has 1 N–H and O–H groups in total. The predicted molar refractivity (Wildman–Crippen MR) is 82.5 cm³/mol. The summed E-state index contributed by atoms with van der Waals surface area (Å²) in [5, 5.41) is 7.17. The van der Waals surface area contributed by atoms with Crippen molar-refractivity contribution < 1.29 is 8.42 Å². The second kappa shape index (κ2) is 7.38. The van der Waals surface area contributed by atoms with Gasteiger partial charge in [-0.2, -0.15) is 9.40 Å². The van der Waals surface area contributed by atoms with Crippen LogP contribution in [-0.4, -0.2) is 49.2 Å². The SMILES string of the molecule is CCC1CCCN(S(=O)(=O)c2cnn(CCNC)c2)CC1. The standard InChI is InChI=1S/C14H26N4O2S/c1-3-13-5-4-8-18(9-6-13)21(19,20)14-11-16-17(12-14)10-7-15-2/h11-13,15H,3-10H2,1-2H3. The maximum Gasteiger partial charge on any atom is 0.246 e. The van der Waals surface area contributed by atoms with Crippen LogP contribution in [0.1, 0.15) is 32.6 Å². The average molecular weight is 314 g/mol. The van der Waals surface area contributed by atoms with Gasteiger partial charge in [0.05, 0.1) is 12.7 Å². The molecule has 0 saturated carbocycles. The zero-order chi connectivity index (χ0) is 15.3. The predicted octanol–water partition coefficient (Wildman–Crippen LogP) is 1.30. The summed E-state index contributed by atoms with van der Waals surface area (Å²) in [7, 11) is -1.53. The van der Waals surface area contributed by atoms with Gasteiger partial charge in [-0.1, -0.05) is 13.3 Å². The van der Waals surface area contributed by atoms with E-state index in [2.05, 4.69) is 17.3 Å². The van der Waals surface area contributed by atoms with E-state index < -0.39 is 10.0 Å². The summed E-state index contributed by atoms with van der Waals surface area (Å²) in [6.45, 7) is 4.87. The Labute approximate surface area is 127 Å². The Morgan fingerprint density at radius 3 is 2.90 bits per heavy atom. The van der Waals surface area contributed by atoms with Gasteiger partial charge < -0.3 is 5.32 Å². The first kappa shape index (κ1) is 16.5. The molecule has 2 heterocycles. The molecule has 2 rings (SSSR count). The van der Waals surface area contributed by atoms with Gasteiger partial charge in [0.15, 0.2) is 0 Å². The normalized spacial score (nSPS) is 21.3. The van der Waals surface area contributed by atoms with Crippen molar-refractivity contribution >= 4 is 10.0 Å². The van der Waals surface area contributed by atoms with Gasteiger partial charge in [-0.25, -0.2) is 8.42 Å². The van der Waals surface area contributed by atoms with Crippen molar-refractivity contribution in [2.75, 3.05) is 26.7 Å². The molecule has 120 valence electrons. The van der Waals surface area contributed by atoms with E-state index in [1.165, 1.54) is 6.20 Å². The largest absolute Gasteiger partial charge is 0.318 e. The summed E-state index contributed by atoms with van der Waals surface area (Å²) < 4.78 is 28.7. The van der Waals surface area contributed by atoms with Gasteiger partial charge in [-0.05, 0) is 32.2 Å². The highest BCUT2D eigenvalue weighted by Crippen LogP contribution is 2.24. The Morgan fingerprint density at radius 1 is 1.38 bits per heavy atom. The molecule has 1 aliphatic heterocycles. The molecule has 1 aliphatic rings. The molecule has 1 saturated heterocycles. The highest BCUT2D eigenvalue weighted by atomic mass is 32.2. The van der Waals surface area contributed by atoms with Crippen molar-refractivity contribution in [1.82, 2.24) is 19.4 Å². The third-order valence-electron chi connectivity index (χ3n) is 4.22. The van der Waals surface area contributed by atoms with Gasteiger partial charge in [0, 0.05) is 25.8 Å². The summed E-state index contributed by atoms with van der Waals surface area (Å²) >= 11 is 0. The van der Waals surface area contributed by atoms with Crippen molar-refractivity contribution in [2.45, 2.75) is 44.0 Å². The minimum atomic E-state index is -3.39. The van der Waals surface area contributed by atoms with Crippen LogP contribution in [0, 0.1) is 5.92 Å². The van der Waals surface area contributed by atoms with Gasteiger partial charge >= 0.3 is 0 Å². The number of hydrogen-bond acceptors (Lipinski definition) is 4. The third-order valence-corrected chi connectivity index (χ3v) is 6.07. The minimum Gasteiger partial charge on any atom is -0.318 e. The number of likely N-dealkylation sites (N-methyl/N-ethyl adjacent to an activating group) is 1. The van der Waals surface area contributed by atoms with E-state index in [1.54, 1.807) is 15.2 Å². The molecular formula is C14H26N4O2S. The zero-order valence-corrected chi connectivity index (χ0v) is 13.8. The van der Waals surface area contributed by atoms with E-state index in [4.69, 9.17) is 0 Å². The fourth-order valence-corrected chi connectivity index (χ4v) is 4.21. The first-order chi connectivity index (χ1) is 10.1. The molecule has 1 aromatic rings. The number of nitrogens with zero attached hydrogens (tertiary/aromatic N) is 3. The Balaban J connectivity index is 2.08. The van der Waals surface area contributed by atoms with Crippen LogP contribution >= 0.6 is 0 Å². The Bertz CT molecular complexity index is 541. The fourth-order valence-electron chi connectivity index (χ4n) is 2.76. The van der Waals surface area contributed by atoms with Crippen LogP contribution in [-0.2, 0) is 16.6 Å². The molecule has 1 fully saturated rings. The van der Waals surface area contributed by atoms with Crippen molar-refractivity contribution in [3.8, 4) is 0 Å². The van der Waals surface area contributed by atoms with Crippen LogP contribution in [0.2, 0.25) is 0 Å². The smallest absolute Gasteiger partial charge is 0.246 e. The van der Waals surface area contributed by atoms with Crippen LogP contribution in [0.5, 0.6) is 0 Å². The van der Waals surface area contributed by atoms with Gasteiger partial charge in [0.2, 0.25) is 10.0 Å². The van der Waals surface area contributed by atoms with Gasteiger partial charge in [0.1, 0.15) is 4.90 Å². The fraction of sp³-hybridized carbons (Fsp3) is 0.786. The van der Waals surface area contributed by atoms with E-state index in [0.717, 1.165) is 32.2 Å². The molecular weight excluding hydrogens is 288 g/mol. The van der Waals surface area contributed by atoms with E-state index in [1.807, 2.05) is 7.05 Å². The van der Waals surface area contributed by atoms with Gasteiger partial charge in [-0.3, -0.25) is 4.68 Å². The molecule has 0 spiro atoms. The van der Waals surface area contributed by atoms with Crippen LogP contribution in [0.25, 0.3) is 0 Å². The molecule has 0 aliphatic carbocycles. The molecule has 1 aromatic heterocycles. The van der Waals surface area contributed by atoms with Gasteiger partial charge in [0.25, 0.3) is 0 Å². The van der Waals surface area contributed by atoms with E-state index in [-0.39, 0.29) is 0 Å². The highest BCUT2D eigenvalue weighted by molar-refractivity contribution is 7.89. The monoisotopic (exact) mass is 314 g/mol. The third kappa shape index (κ3) is 4.05. The summed E-state index contributed by atoms with van der Waals surface area (Å²) in [5.41, 5.74) is 0. The van der Waals surface area contributed by atoms with Gasteiger partial charge in [-0.15, -0.1) is 0 Å². The maximum atomic E-state index is 12.7. The molecule has 7 heteroatoms. The zero-order valence-electron chi connectivity index (χ0n) is 13.0. The lowest BCUT2D eigenvalue weighted by Crippen LogP contribution is -2.32. The van der Waals surface area contributed by atoms with Crippen LogP contribution in [0.3, 0.4) is 0 Å². The van der Waals surface area contributed by atoms with Crippen molar-refractivity contribution in [3.63, 3.8) is 0 Å². The van der Waals surface area contributed by atoms with E-state index in [9.17, 15) is 8.42 Å². The minimum absolute atomic E-state index is 0.313. The second-order valence-electron chi connectivity index (χ2n) is 5.65. The molecule has 0 bridgehead atoms. The summed E-state index contributed by atoms with van der Waals surface area (Å²) in [6.07, 6.45) is 7.27. The van der Waals surface area contributed by atoms with Crippen molar-refractivity contribution in [3.05, 3.63) is 12.4 Å². The maximum absolute atomic E-state index is 12.7. The lowest BCUT2D eigenvalue weighted by Gasteiger charge is -2.19. The molecule has 1 atom stereocenters. The topological polar surface area (TPSA) is 67.2 Å². The molecule has 6 nitrogen and oxygen atoms in total. The molecule has 0 amide bonds. The Hall–Kier alpha value is -0.920. The van der Waals surface area contributed by atoms with Crippen molar-refractivity contribution in [2.24, 2.45) is 5.92 Å². The first-order valence-electron chi connectivity index (χ1n) is 7.75. The summed E-state index contributed by atoms with van der Waals surface area (Å²) in [6, 6.07) is 0. The number of hydrogen-bond donors (Lipinski definition) is 1. The molecule has 1 unspecified atom stereocenters. The lowest BCUT2D eigenvalue weighted by molar-refractivity contribution is 0.407. The van der Waals surface area contributed by atoms with Crippen LogP contribution in [0.4, 0.5) is 0 Å². The number of rotatable bonds is 6. The average Bonchev–Trinajstić information content (AvgIpc) is 2.82. The lowest BCUT2D eigenvalue weighted by atomic mass is 9.98.